The molecule has 0 bridgehead atoms. The van der Waals surface area contributed by atoms with Crippen molar-refractivity contribution in [3.05, 3.63) is 11.8 Å². The maximum absolute atomic E-state index is 4.49. The van der Waals surface area contributed by atoms with Crippen molar-refractivity contribution in [1.82, 2.24) is 9.97 Å². The van der Waals surface area contributed by atoms with Gasteiger partial charge in [-0.1, -0.05) is 27.7 Å². The second-order valence-electron chi connectivity index (χ2n) is 5.88. The van der Waals surface area contributed by atoms with Crippen LogP contribution in [0.2, 0.25) is 0 Å². The fraction of sp³-hybridized carbons (Fsp3) is 0.714. The average molecular weight is 250 g/mol. The summed E-state index contributed by atoms with van der Waals surface area (Å²) in [4.78, 5) is 8.87. The van der Waals surface area contributed by atoms with E-state index >= 15 is 0 Å². The zero-order valence-electron chi connectivity index (χ0n) is 12.5. The van der Waals surface area contributed by atoms with Crippen LogP contribution in [0.15, 0.2) is 6.07 Å². The van der Waals surface area contributed by atoms with Crippen molar-refractivity contribution in [2.75, 3.05) is 17.2 Å². The molecule has 2 N–H and O–H groups in total. The van der Waals surface area contributed by atoms with E-state index in [2.05, 4.69) is 55.2 Å². The Kier molecular flexibility index (Phi) is 4.93. The van der Waals surface area contributed by atoms with Crippen molar-refractivity contribution < 1.29 is 0 Å². The SMILES string of the molecule is CCCNc1nc(C)cc(NC(C)C(C)(C)C)n1. The summed E-state index contributed by atoms with van der Waals surface area (Å²) in [6, 6.07) is 2.34. The first-order valence-corrected chi connectivity index (χ1v) is 6.69. The number of hydrogen-bond donors (Lipinski definition) is 2. The van der Waals surface area contributed by atoms with Gasteiger partial charge in [-0.25, -0.2) is 4.98 Å². The second kappa shape index (κ2) is 6.03. The third kappa shape index (κ3) is 4.51. The summed E-state index contributed by atoms with van der Waals surface area (Å²) >= 11 is 0. The highest BCUT2D eigenvalue weighted by Crippen LogP contribution is 2.22. The predicted molar refractivity (Wildman–Crippen MR) is 78.1 cm³/mol. The number of aryl methyl sites for hydroxylation is 1. The third-order valence-corrected chi connectivity index (χ3v) is 3.05. The van der Waals surface area contributed by atoms with Gasteiger partial charge in [-0.05, 0) is 25.7 Å². The maximum Gasteiger partial charge on any atom is 0.224 e. The van der Waals surface area contributed by atoms with Gasteiger partial charge in [0.25, 0.3) is 0 Å². The van der Waals surface area contributed by atoms with Gasteiger partial charge < -0.3 is 10.6 Å². The van der Waals surface area contributed by atoms with Crippen molar-refractivity contribution in [3.63, 3.8) is 0 Å². The van der Waals surface area contributed by atoms with E-state index < -0.39 is 0 Å². The Morgan fingerprint density at radius 3 is 2.50 bits per heavy atom. The molecule has 0 aliphatic rings. The minimum atomic E-state index is 0.204. The molecule has 0 amide bonds. The number of rotatable bonds is 5. The largest absolute Gasteiger partial charge is 0.367 e. The van der Waals surface area contributed by atoms with Gasteiger partial charge in [0, 0.05) is 24.3 Å². The standard InChI is InChI=1S/C14H26N4/c1-7-8-15-13-16-10(2)9-12(18-13)17-11(3)14(4,5)6/h9,11H,7-8H2,1-6H3,(H2,15,16,17,18). The van der Waals surface area contributed by atoms with E-state index in [-0.39, 0.29) is 5.41 Å². The first kappa shape index (κ1) is 14.7. The summed E-state index contributed by atoms with van der Waals surface area (Å²) in [6.45, 7) is 13.8. The number of nitrogens with one attached hydrogen (secondary N) is 2. The summed E-state index contributed by atoms with van der Waals surface area (Å²) in [6.07, 6.45) is 1.07. The monoisotopic (exact) mass is 250 g/mol. The molecule has 1 rings (SSSR count). The first-order chi connectivity index (χ1) is 8.32. The van der Waals surface area contributed by atoms with Crippen LogP contribution in [-0.2, 0) is 0 Å². The minimum Gasteiger partial charge on any atom is -0.367 e. The molecule has 1 aromatic rings. The molecule has 0 saturated carbocycles. The van der Waals surface area contributed by atoms with Crippen molar-refractivity contribution in [2.45, 2.75) is 54.0 Å². The predicted octanol–water partition coefficient (Wildman–Crippen LogP) is 3.45. The molecule has 4 heteroatoms. The molecule has 0 fully saturated rings. The Hall–Kier alpha value is -1.32. The number of nitrogens with zero attached hydrogens (tertiary/aromatic N) is 2. The Morgan fingerprint density at radius 2 is 1.94 bits per heavy atom. The molecular weight excluding hydrogens is 224 g/mol. The van der Waals surface area contributed by atoms with Crippen LogP contribution in [0.4, 0.5) is 11.8 Å². The summed E-state index contributed by atoms with van der Waals surface area (Å²) in [5, 5.41) is 6.67. The van der Waals surface area contributed by atoms with Crippen molar-refractivity contribution in [1.29, 1.82) is 0 Å². The summed E-state index contributed by atoms with van der Waals surface area (Å²) in [7, 11) is 0. The lowest BCUT2D eigenvalue weighted by Gasteiger charge is -2.28. The smallest absolute Gasteiger partial charge is 0.224 e. The van der Waals surface area contributed by atoms with Crippen molar-refractivity contribution in [3.8, 4) is 0 Å². The van der Waals surface area contributed by atoms with E-state index in [4.69, 9.17) is 0 Å². The molecule has 1 unspecified atom stereocenters. The molecular formula is C14H26N4. The molecule has 1 aromatic heterocycles. The highest BCUT2D eigenvalue weighted by Gasteiger charge is 2.20. The Bertz CT molecular complexity index is 382. The van der Waals surface area contributed by atoms with E-state index in [1.807, 2.05) is 13.0 Å². The average Bonchev–Trinajstić information content (AvgIpc) is 2.24. The molecule has 0 saturated heterocycles. The highest BCUT2D eigenvalue weighted by atomic mass is 15.1. The van der Waals surface area contributed by atoms with Crippen molar-refractivity contribution >= 4 is 11.8 Å². The third-order valence-electron chi connectivity index (χ3n) is 3.05. The molecule has 102 valence electrons. The summed E-state index contributed by atoms with van der Waals surface area (Å²) in [5.74, 6) is 1.60. The lowest BCUT2D eigenvalue weighted by atomic mass is 9.88. The van der Waals surface area contributed by atoms with Crippen molar-refractivity contribution in [2.24, 2.45) is 5.41 Å². The van der Waals surface area contributed by atoms with Crippen LogP contribution < -0.4 is 10.6 Å². The summed E-state index contributed by atoms with van der Waals surface area (Å²) in [5.41, 5.74) is 1.18. The van der Waals surface area contributed by atoms with Gasteiger partial charge in [0.15, 0.2) is 0 Å². The van der Waals surface area contributed by atoms with Crippen LogP contribution >= 0.6 is 0 Å². The van der Waals surface area contributed by atoms with Gasteiger partial charge >= 0.3 is 0 Å². The quantitative estimate of drug-likeness (QED) is 0.840. The van der Waals surface area contributed by atoms with E-state index in [1.165, 1.54) is 0 Å². The molecule has 1 heterocycles. The first-order valence-electron chi connectivity index (χ1n) is 6.69. The molecule has 0 spiro atoms. The fourth-order valence-corrected chi connectivity index (χ4v) is 1.40. The van der Waals surface area contributed by atoms with Crippen LogP contribution in [0.25, 0.3) is 0 Å². The number of anilines is 2. The lowest BCUT2D eigenvalue weighted by Crippen LogP contribution is -2.31. The van der Waals surface area contributed by atoms with Gasteiger partial charge in [-0.15, -0.1) is 0 Å². The van der Waals surface area contributed by atoms with Gasteiger partial charge in [0.1, 0.15) is 5.82 Å². The van der Waals surface area contributed by atoms with Crippen LogP contribution in [0.3, 0.4) is 0 Å². The fourth-order valence-electron chi connectivity index (χ4n) is 1.40. The Balaban J connectivity index is 2.79. The highest BCUT2D eigenvalue weighted by molar-refractivity contribution is 5.43. The topological polar surface area (TPSA) is 49.8 Å². The molecule has 0 radical (unpaired) electrons. The molecule has 0 aromatic carbocycles. The minimum absolute atomic E-state index is 0.204. The maximum atomic E-state index is 4.49. The van der Waals surface area contributed by atoms with Gasteiger partial charge in [0.2, 0.25) is 5.95 Å². The second-order valence-corrected chi connectivity index (χ2v) is 5.88. The normalized spacial score (nSPS) is 13.2. The van der Waals surface area contributed by atoms with Crippen LogP contribution in [0.1, 0.15) is 46.7 Å². The van der Waals surface area contributed by atoms with E-state index in [0.717, 1.165) is 24.5 Å². The zero-order chi connectivity index (χ0) is 13.8. The van der Waals surface area contributed by atoms with Gasteiger partial charge in [-0.2, -0.15) is 4.98 Å². The van der Waals surface area contributed by atoms with E-state index in [9.17, 15) is 0 Å². The molecule has 0 aliphatic heterocycles. The Morgan fingerprint density at radius 1 is 1.28 bits per heavy atom. The Labute approximate surface area is 111 Å². The van der Waals surface area contributed by atoms with E-state index in [0.29, 0.717) is 12.0 Å². The summed E-state index contributed by atoms with van der Waals surface area (Å²) < 4.78 is 0. The molecule has 18 heavy (non-hydrogen) atoms. The van der Waals surface area contributed by atoms with Crippen LogP contribution in [0.5, 0.6) is 0 Å². The van der Waals surface area contributed by atoms with Crippen LogP contribution in [0, 0.1) is 12.3 Å². The van der Waals surface area contributed by atoms with E-state index in [1.54, 1.807) is 0 Å². The number of aromatic nitrogens is 2. The molecule has 1 atom stereocenters. The van der Waals surface area contributed by atoms with Gasteiger partial charge in [-0.3, -0.25) is 0 Å². The lowest BCUT2D eigenvalue weighted by molar-refractivity contribution is 0.358. The molecule has 4 nitrogen and oxygen atoms in total. The zero-order valence-corrected chi connectivity index (χ0v) is 12.5. The number of hydrogen-bond acceptors (Lipinski definition) is 4. The van der Waals surface area contributed by atoms with Crippen LogP contribution in [-0.4, -0.2) is 22.6 Å². The molecule has 0 aliphatic carbocycles. The van der Waals surface area contributed by atoms with Gasteiger partial charge in [0.05, 0.1) is 0 Å².